The Morgan fingerprint density at radius 1 is 1.54 bits per heavy atom. The second-order valence-corrected chi connectivity index (χ2v) is 3.72. The maximum Gasteiger partial charge on any atom is 0.428 e. The van der Waals surface area contributed by atoms with E-state index in [9.17, 15) is 4.79 Å². The predicted octanol–water partition coefficient (Wildman–Crippen LogP) is 2.07. The Balaban J connectivity index is 3.83. The molecular formula is C9H16N2O2. The van der Waals surface area contributed by atoms with Crippen molar-refractivity contribution in [2.24, 2.45) is 5.10 Å². The third kappa shape index (κ3) is 8.59. The molecule has 0 saturated heterocycles. The Hall–Kier alpha value is -1.32. The van der Waals surface area contributed by atoms with Gasteiger partial charge in [0.2, 0.25) is 0 Å². The van der Waals surface area contributed by atoms with E-state index in [0.717, 1.165) is 5.57 Å². The Bertz CT molecular complexity index is 226. The molecule has 0 bridgehead atoms. The molecule has 13 heavy (non-hydrogen) atoms. The molecule has 0 radical (unpaired) electrons. The van der Waals surface area contributed by atoms with Gasteiger partial charge in [0.15, 0.2) is 0 Å². The van der Waals surface area contributed by atoms with E-state index in [1.807, 2.05) is 0 Å². The SMILES string of the molecule is C=C(C)C=NNC(=O)OC(C)(C)C. The average molecular weight is 184 g/mol. The summed E-state index contributed by atoms with van der Waals surface area (Å²) >= 11 is 0. The van der Waals surface area contributed by atoms with Crippen LogP contribution in [-0.4, -0.2) is 17.9 Å². The van der Waals surface area contributed by atoms with Crippen LogP contribution in [0.2, 0.25) is 0 Å². The first kappa shape index (κ1) is 11.7. The van der Waals surface area contributed by atoms with Crippen LogP contribution in [0.3, 0.4) is 0 Å². The molecule has 0 unspecified atom stereocenters. The Kier molecular flexibility index (Phi) is 4.17. The van der Waals surface area contributed by atoms with E-state index < -0.39 is 11.7 Å². The second kappa shape index (κ2) is 4.64. The van der Waals surface area contributed by atoms with Crippen molar-refractivity contribution in [3.8, 4) is 0 Å². The fraction of sp³-hybridized carbons (Fsp3) is 0.556. The summed E-state index contributed by atoms with van der Waals surface area (Å²) in [6.45, 7) is 10.7. The van der Waals surface area contributed by atoms with Crippen molar-refractivity contribution in [1.29, 1.82) is 0 Å². The third-order valence-corrected chi connectivity index (χ3v) is 0.840. The van der Waals surface area contributed by atoms with E-state index in [4.69, 9.17) is 4.74 Å². The Labute approximate surface area is 78.7 Å². The zero-order valence-electron chi connectivity index (χ0n) is 8.55. The zero-order chi connectivity index (χ0) is 10.5. The van der Waals surface area contributed by atoms with Gasteiger partial charge < -0.3 is 4.74 Å². The van der Waals surface area contributed by atoms with Gasteiger partial charge >= 0.3 is 6.09 Å². The lowest BCUT2D eigenvalue weighted by molar-refractivity contribution is 0.0529. The monoisotopic (exact) mass is 184 g/mol. The highest BCUT2D eigenvalue weighted by Gasteiger charge is 2.15. The van der Waals surface area contributed by atoms with Crippen LogP contribution in [0.25, 0.3) is 0 Å². The molecule has 0 spiro atoms. The molecule has 0 aliphatic heterocycles. The van der Waals surface area contributed by atoms with Crippen LogP contribution >= 0.6 is 0 Å². The Morgan fingerprint density at radius 3 is 2.46 bits per heavy atom. The van der Waals surface area contributed by atoms with Gasteiger partial charge in [0.05, 0.1) is 0 Å². The summed E-state index contributed by atoms with van der Waals surface area (Å²) in [6, 6.07) is 0. The van der Waals surface area contributed by atoms with E-state index in [1.54, 1.807) is 27.7 Å². The second-order valence-electron chi connectivity index (χ2n) is 3.72. The number of rotatable bonds is 2. The molecule has 74 valence electrons. The lowest BCUT2D eigenvalue weighted by Gasteiger charge is -2.18. The molecule has 0 rings (SSSR count). The first-order chi connectivity index (χ1) is 5.81. The lowest BCUT2D eigenvalue weighted by Crippen LogP contribution is -2.29. The standard InChI is InChI=1S/C9H16N2O2/c1-7(2)6-10-11-8(12)13-9(3,4)5/h6H,1H2,2-5H3,(H,11,12). The fourth-order valence-corrected chi connectivity index (χ4v) is 0.496. The fourth-order valence-electron chi connectivity index (χ4n) is 0.496. The zero-order valence-corrected chi connectivity index (χ0v) is 8.55. The summed E-state index contributed by atoms with van der Waals surface area (Å²) in [4.78, 5) is 11.0. The Morgan fingerprint density at radius 2 is 2.08 bits per heavy atom. The highest BCUT2D eigenvalue weighted by atomic mass is 16.6. The quantitative estimate of drug-likeness (QED) is 0.527. The molecule has 1 amide bonds. The molecular weight excluding hydrogens is 168 g/mol. The number of ether oxygens (including phenoxy) is 1. The van der Waals surface area contributed by atoms with Crippen LogP contribution in [0.5, 0.6) is 0 Å². The molecule has 0 atom stereocenters. The maximum atomic E-state index is 11.0. The molecule has 4 heteroatoms. The molecule has 0 heterocycles. The number of nitrogens with zero attached hydrogens (tertiary/aromatic N) is 1. The van der Waals surface area contributed by atoms with Gasteiger partial charge in [-0.25, -0.2) is 10.2 Å². The van der Waals surface area contributed by atoms with Gasteiger partial charge in [-0.1, -0.05) is 6.58 Å². The number of allylic oxidation sites excluding steroid dienone is 1. The maximum absolute atomic E-state index is 11.0. The number of nitrogens with one attached hydrogen (secondary N) is 1. The van der Waals surface area contributed by atoms with E-state index >= 15 is 0 Å². The van der Waals surface area contributed by atoms with Crippen LogP contribution in [0, 0.1) is 0 Å². The number of carbonyl (C=O) groups excluding carboxylic acids is 1. The summed E-state index contributed by atoms with van der Waals surface area (Å²) in [7, 11) is 0. The van der Waals surface area contributed by atoms with E-state index in [2.05, 4.69) is 17.1 Å². The number of amides is 1. The molecule has 4 nitrogen and oxygen atoms in total. The van der Waals surface area contributed by atoms with E-state index in [-0.39, 0.29) is 0 Å². The van der Waals surface area contributed by atoms with E-state index in [1.165, 1.54) is 6.21 Å². The molecule has 0 aliphatic rings. The molecule has 0 aromatic heterocycles. The van der Waals surface area contributed by atoms with Crippen molar-refractivity contribution < 1.29 is 9.53 Å². The van der Waals surface area contributed by atoms with Crippen molar-refractivity contribution in [2.75, 3.05) is 0 Å². The summed E-state index contributed by atoms with van der Waals surface area (Å²) in [5.41, 5.74) is 2.48. The van der Waals surface area contributed by atoms with E-state index in [0.29, 0.717) is 0 Å². The number of hydrogen-bond donors (Lipinski definition) is 1. The minimum atomic E-state index is -0.565. The molecule has 0 aromatic carbocycles. The lowest BCUT2D eigenvalue weighted by atomic mass is 10.2. The molecule has 0 fully saturated rings. The first-order valence-electron chi connectivity index (χ1n) is 3.99. The normalized spacial score (nSPS) is 11.4. The largest absolute Gasteiger partial charge is 0.443 e. The third-order valence-electron chi connectivity index (χ3n) is 0.840. The summed E-state index contributed by atoms with van der Waals surface area (Å²) < 4.78 is 4.93. The molecule has 0 aromatic rings. The van der Waals surface area contributed by atoms with Crippen LogP contribution in [0.4, 0.5) is 4.79 Å². The van der Waals surface area contributed by atoms with Crippen molar-refractivity contribution >= 4 is 12.3 Å². The predicted molar refractivity (Wildman–Crippen MR) is 52.7 cm³/mol. The number of carbonyl (C=O) groups is 1. The highest BCUT2D eigenvalue weighted by Crippen LogP contribution is 2.05. The number of hydrazone groups is 1. The van der Waals surface area contributed by atoms with Gasteiger partial charge in [-0.3, -0.25) is 0 Å². The van der Waals surface area contributed by atoms with Crippen molar-refractivity contribution in [1.82, 2.24) is 5.43 Å². The van der Waals surface area contributed by atoms with Crippen LogP contribution in [-0.2, 0) is 4.74 Å². The molecule has 0 saturated carbocycles. The van der Waals surface area contributed by atoms with Gasteiger partial charge in [-0.2, -0.15) is 5.10 Å². The summed E-state index contributed by atoms with van der Waals surface area (Å²) in [6.07, 6.45) is 0.884. The minimum absolute atomic E-state index is 0.497. The van der Waals surface area contributed by atoms with Crippen molar-refractivity contribution in [2.45, 2.75) is 33.3 Å². The molecule has 1 N–H and O–H groups in total. The van der Waals surface area contributed by atoms with Crippen LogP contribution in [0.15, 0.2) is 17.3 Å². The minimum Gasteiger partial charge on any atom is -0.443 e. The average Bonchev–Trinajstić information content (AvgIpc) is 1.81. The van der Waals surface area contributed by atoms with Gasteiger partial charge in [0.1, 0.15) is 5.60 Å². The van der Waals surface area contributed by atoms with Crippen molar-refractivity contribution in [3.05, 3.63) is 12.2 Å². The van der Waals surface area contributed by atoms with Gasteiger partial charge in [-0.05, 0) is 33.3 Å². The van der Waals surface area contributed by atoms with Gasteiger partial charge in [0.25, 0.3) is 0 Å². The van der Waals surface area contributed by atoms with Crippen molar-refractivity contribution in [3.63, 3.8) is 0 Å². The van der Waals surface area contributed by atoms with Crippen LogP contribution < -0.4 is 5.43 Å². The van der Waals surface area contributed by atoms with Gasteiger partial charge in [0, 0.05) is 6.21 Å². The first-order valence-corrected chi connectivity index (χ1v) is 3.99. The highest BCUT2D eigenvalue weighted by molar-refractivity contribution is 5.78. The number of hydrogen-bond acceptors (Lipinski definition) is 3. The molecule has 0 aliphatic carbocycles. The van der Waals surface area contributed by atoms with Gasteiger partial charge in [-0.15, -0.1) is 0 Å². The topological polar surface area (TPSA) is 50.7 Å². The summed E-state index contributed by atoms with van der Waals surface area (Å²) in [5.74, 6) is 0. The van der Waals surface area contributed by atoms with Crippen LogP contribution in [0.1, 0.15) is 27.7 Å². The summed E-state index contributed by atoms with van der Waals surface area (Å²) in [5, 5.41) is 3.61. The smallest absolute Gasteiger partial charge is 0.428 e.